The Hall–Kier alpha value is -2.31. The molecule has 0 saturated heterocycles. The van der Waals surface area contributed by atoms with Crippen LogP contribution in [0.3, 0.4) is 0 Å². The van der Waals surface area contributed by atoms with Crippen LogP contribution in [0.15, 0.2) is 42.6 Å². The van der Waals surface area contributed by atoms with Crippen LogP contribution in [0, 0.1) is 0 Å². The summed E-state index contributed by atoms with van der Waals surface area (Å²) < 4.78 is 35.8. The number of aliphatic carboxylic acids is 1. The Labute approximate surface area is 112 Å². The minimum atomic E-state index is -4.96. The molecule has 0 aliphatic rings. The summed E-state index contributed by atoms with van der Waals surface area (Å²) in [5.74, 6) is -3.27. The molecule has 20 heavy (non-hydrogen) atoms. The van der Waals surface area contributed by atoms with Crippen molar-refractivity contribution in [2.45, 2.75) is 18.6 Å². The van der Waals surface area contributed by atoms with E-state index >= 15 is 0 Å². The molecule has 1 rings (SSSR count). The molecule has 108 valence electrons. The zero-order valence-electron chi connectivity index (χ0n) is 10.2. The zero-order chi connectivity index (χ0) is 15.2. The van der Waals surface area contributed by atoms with Gasteiger partial charge in [0.05, 0.1) is 0 Å². The van der Waals surface area contributed by atoms with Crippen LogP contribution in [0.2, 0.25) is 0 Å². The first-order chi connectivity index (χ1) is 9.30. The first-order valence-electron chi connectivity index (χ1n) is 5.61. The summed E-state index contributed by atoms with van der Waals surface area (Å²) in [6.45, 7) is 0. The Morgan fingerprint density at radius 2 is 1.85 bits per heavy atom. The molecule has 0 spiro atoms. The van der Waals surface area contributed by atoms with Crippen molar-refractivity contribution < 1.29 is 27.9 Å². The van der Waals surface area contributed by atoms with E-state index in [1.807, 2.05) is 0 Å². The average molecular weight is 287 g/mol. The SMILES string of the molecule is O=C(O)[C@@H](Cc1ccccc1)N/C=C/C(=O)C(F)(F)F. The maximum atomic E-state index is 11.9. The molecule has 0 amide bonds. The van der Waals surface area contributed by atoms with Crippen molar-refractivity contribution in [3.8, 4) is 0 Å². The third-order valence-corrected chi connectivity index (χ3v) is 2.39. The minimum absolute atomic E-state index is 0.0840. The Bertz CT molecular complexity index is 497. The quantitative estimate of drug-likeness (QED) is 0.784. The lowest BCUT2D eigenvalue weighted by Crippen LogP contribution is -2.35. The fraction of sp³-hybridized carbons (Fsp3) is 0.231. The van der Waals surface area contributed by atoms with Crippen LogP contribution in [0.4, 0.5) is 13.2 Å². The Balaban J connectivity index is 2.63. The molecule has 0 bridgehead atoms. The number of halogens is 3. The van der Waals surface area contributed by atoms with E-state index in [9.17, 15) is 22.8 Å². The number of carbonyl (C=O) groups is 2. The van der Waals surface area contributed by atoms with Gasteiger partial charge in [-0.05, 0) is 5.56 Å². The van der Waals surface area contributed by atoms with Gasteiger partial charge in [-0.3, -0.25) is 4.79 Å². The number of allylic oxidation sites excluding steroid dienone is 1. The van der Waals surface area contributed by atoms with Crippen molar-refractivity contribution in [2.24, 2.45) is 0 Å². The third-order valence-electron chi connectivity index (χ3n) is 2.39. The molecule has 0 aromatic heterocycles. The number of carboxylic acid groups (broad SMARTS) is 1. The van der Waals surface area contributed by atoms with Crippen LogP contribution in [-0.4, -0.2) is 29.1 Å². The van der Waals surface area contributed by atoms with Crippen molar-refractivity contribution in [3.63, 3.8) is 0 Å². The first-order valence-corrected chi connectivity index (χ1v) is 5.61. The Morgan fingerprint density at radius 3 is 2.35 bits per heavy atom. The summed E-state index contributed by atoms with van der Waals surface area (Å²) in [6, 6.07) is 7.47. The fourth-order valence-electron chi connectivity index (χ4n) is 1.40. The molecule has 0 unspecified atom stereocenters. The molecule has 0 radical (unpaired) electrons. The maximum Gasteiger partial charge on any atom is 0.454 e. The molecular formula is C13H12F3NO3. The molecule has 2 N–H and O–H groups in total. The van der Waals surface area contributed by atoms with Crippen LogP contribution in [0.25, 0.3) is 0 Å². The molecule has 7 heteroatoms. The van der Waals surface area contributed by atoms with Crippen LogP contribution >= 0.6 is 0 Å². The highest BCUT2D eigenvalue weighted by Crippen LogP contribution is 2.16. The van der Waals surface area contributed by atoms with Gasteiger partial charge in [0.2, 0.25) is 0 Å². The van der Waals surface area contributed by atoms with Gasteiger partial charge >= 0.3 is 12.1 Å². The van der Waals surface area contributed by atoms with Crippen LogP contribution in [-0.2, 0) is 16.0 Å². The number of benzene rings is 1. The number of alkyl halides is 3. The van der Waals surface area contributed by atoms with Gasteiger partial charge < -0.3 is 10.4 Å². The van der Waals surface area contributed by atoms with Gasteiger partial charge in [-0.15, -0.1) is 0 Å². The second-order valence-corrected chi connectivity index (χ2v) is 3.94. The summed E-state index contributed by atoms with van der Waals surface area (Å²) in [7, 11) is 0. The number of hydrogen-bond donors (Lipinski definition) is 2. The van der Waals surface area contributed by atoms with Crippen molar-refractivity contribution in [2.75, 3.05) is 0 Å². The summed E-state index contributed by atoms with van der Waals surface area (Å²) in [5, 5.41) is 11.2. The molecule has 0 saturated carbocycles. The fourth-order valence-corrected chi connectivity index (χ4v) is 1.40. The standard InChI is InChI=1S/C13H12F3NO3/c14-13(15,16)11(18)6-7-17-10(12(19)20)8-9-4-2-1-3-5-9/h1-7,10,17H,8H2,(H,19,20)/b7-6+/t10-/m1/s1. The summed E-state index contributed by atoms with van der Waals surface area (Å²) in [6.07, 6.45) is -3.91. The largest absolute Gasteiger partial charge is 0.480 e. The smallest absolute Gasteiger partial charge is 0.454 e. The van der Waals surface area contributed by atoms with Gasteiger partial charge in [-0.1, -0.05) is 30.3 Å². The second-order valence-electron chi connectivity index (χ2n) is 3.94. The summed E-state index contributed by atoms with van der Waals surface area (Å²) >= 11 is 0. The molecule has 4 nitrogen and oxygen atoms in total. The van der Waals surface area contributed by atoms with E-state index in [4.69, 9.17) is 5.11 Å². The Kier molecular flexibility index (Phi) is 5.31. The van der Waals surface area contributed by atoms with E-state index in [1.165, 1.54) is 0 Å². The molecule has 0 fully saturated rings. The lowest BCUT2D eigenvalue weighted by molar-refractivity contribution is -0.165. The van der Waals surface area contributed by atoms with Gasteiger partial charge in [-0.25, -0.2) is 4.79 Å². The lowest BCUT2D eigenvalue weighted by Gasteiger charge is -2.12. The van der Waals surface area contributed by atoms with Gasteiger partial charge in [0.25, 0.3) is 5.78 Å². The molecule has 1 aromatic carbocycles. The first kappa shape index (κ1) is 15.7. The van der Waals surface area contributed by atoms with Gasteiger partial charge in [-0.2, -0.15) is 13.2 Å². The third kappa shape index (κ3) is 5.13. The zero-order valence-corrected chi connectivity index (χ0v) is 10.2. The molecule has 0 aliphatic heterocycles. The number of carboxylic acids is 1. The normalized spacial score (nSPS) is 13.2. The summed E-state index contributed by atoms with van der Waals surface area (Å²) in [4.78, 5) is 21.5. The van der Waals surface area contributed by atoms with Crippen LogP contribution in [0.5, 0.6) is 0 Å². The highest BCUT2D eigenvalue weighted by molar-refractivity contribution is 5.94. The molecular weight excluding hydrogens is 275 g/mol. The minimum Gasteiger partial charge on any atom is -0.480 e. The summed E-state index contributed by atoms with van der Waals surface area (Å²) in [5.41, 5.74) is 0.711. The van der Waals surface area contributed by atoms with Crippen molar-refractivity contribution in [3.05, 3.63) is 48.2 Å². The van der Waals surface area contributed by atoms with E-state index < -0.39 is 24.0 Å². The van der Waals surface area contributed by atoms with E-state index in [2.05, 4.69) is 5.32 Å². The number of ketones is 1. The lowest BCUT2D eigenvalue weighted by atomic mass is 10.1. The molecule has 1 aromatic rings. The second kappa shape index (κ2) is 6.74. The predicted octanol–water partition coefficient (Wildman–Crippen LogP) is 1.92. The highest BCUT2D eigenvalue weighted by atomic mass is 19.4. The van der Waals surface area contributed by atoms with E-state index in [-0.39, 0.29) is 12.5 Å². The number of carbonyl (C=O) groups excluding carboxylic acids is 1. The van der Waals surface area contributed by atoms with Gasteiger partial charge in [0, 0.05) is 18.7 Å². The number of nitrogens with one attached hydrogen (secondary N) is 1. The van der Waals surface area contributed by atoms with E-state index in [1.54, 1.807) is 30.3 Å². The van der Waals surface area contributed by atoms with Crippen molar-refractivity contribution in [1.29, 1.82) is 0 Å². The monoisotopic (exact) mass is 287 g/mol. The average Bonchev–Trinajstić information content (AvgIpc) is 2.37. The van der Waals surface area contributed by atoms with E-state index in [0.717, 1.165) is 0 Å². The predicted molar refractivity (Wildman–Crippen MR) is 64.9 cm³/mol. The van der Waals surface area contributed by atoms with Crippen molar-refractivity contribution in [1.82, 2.24) is 5.32 Å². The maximum absolute atomic E-state index is 11.9. The number of rotatable bonds is 6. The Morgan fingerprint density at radius 1 is 1.25 bits per heavy atom. The van der Waals surface area contributed by atoms with Crippen LogP contribution < -0.4 is 5.32 Å². The van der Waals surface area contributed by atoms with Crippen molar-refractivity contribution >= 4 is 11.8 Å². The van der Waals surface area contributed by atoms with Crippen LogP contribution in [0.1, 0.15) is 5.56 Å². The van der Waals surface area contributed by atoms with E-state index in [0.29, 0.717) is 11.8 Å². The van der Waals surface area contributed by atoms with Gasteiger partial charge in [0.15, 0.2) is 0 Å². The molecule has 1 atom stereocenters. The molecule has 0 aliphatic carbocycles. The number of hydrogen-bond acceptors (Lipinski definition) is 3. The van der Waals surface area contributed by atoms with Gasteiger partial charge in [0.1, 0.15) is 6.04 Å². The highest BCUT2D eigenvalue weighted by Gasteiger charge is 2.36. The molecule has 0 heterocycles. The topological polar surface area (TPSA) is 66.4 Å².